The molecule has 0 unspecified atom stereocenters. The highest BCUT2D eigenvalue weighted by atomic mass is 35.5. The normalized spacial score (nSPS) is 23.0. The highest BCUT2D eigenvalue weighted by Gasteiger charge is 2.42. The standard InChI is InChI=1S/C16H18Cl2N2O2/c17-12-7-4-8-13(18)11(12)9-20-15(21)14(19-16(20)22)10-5-2-1-3-6-10/h4,7-8,10,14H,1-3,5-6,9H2,(H,19,22)/t14-/m1/s1. The summed E-state index contributed by atoms with van der Waals surface area (Å²) in [6, 6.07) is 4.41. The second-order valence-electron chi connectivity index (χ2n) is 5.95. The van der Waals surface area contributed by atoms with Gasteiger partial charge in [-0.1, -0.05) is 48.5 Å². The summed E-state index contributed by atoms with van der Waals surface area (Å²) in [6.07, 6.45) is 5.46. The maximum atomic E-state index is 12.6. The molecule has 3 rings (SSSR count). The Morgan fingerprint density at radius 1 is 1.09 bits per heavy atom. The van der Waals surface area contributed by atoms with E-state index in [1.54, 1.807) is 18.2 Å². The summed E-state index contributed by atoms with van der Waals surface area (Å²) in [4.78, 5) is 26.0. The number of hydrogen-bond acceptors (Lipinski definition) is 2. The quantitative estimate of drug-likeness (QED) is 0.845. The second kappa shape index (κ2) is 6.47. The molecule has 6 heteroatoms. The van der Waals surface area contributed by atoms with E-state index in [-0.39, 0.29) is 24.4 Å². The predicted octanol–water partition coefficient (Wildman–Crippen LogP) is 3.99. The molecule has 118 valence electrons. The number of hydrogen-bond donors (Lipinski definition) is 1. The van der Waals surface area contributed by atoms with Crippen LogP contribution in [0.5, 0.6) is 0 Å². The number of urea groups is 1. The molecule has 1 saturated carbocycles. The Labute approximate surface area is 139 Å². The largest absolute Gasteiger partial charge is 0.326 e. The van der Waals surface area contributed by atoms with E-state index in [9.17, 15) is 9.59 Å². The van der Waals surface area contributed by atoms with Crippen LogP contribution < -0.4 is 5.32 Å². The van der Waals surface area contributed by atoms with Crippen molar-refractivity contribution in [2.45, 2.75) is 44.7 Å². The van der Waals surface area contributed by atoms with Gasteiger partial charge in [0, 0.05) is 15.6 Å². The molecule has 1 N–H and O–H groups in total. The van der Waals surface area contributed by atoms with Crippen molar-refractivity contribution in [1.82, 2.24) is 10.2 Å². The van der Waals surface area contributed by atoms with Gasteiger partial charge in [-0.25, -0.2) is 4.79 Å². The molecule has 22 heavy (non-hydrogen) atoms. The van der Waals surface area contributed by atoms with Gasteiger partial charge in [-0.15, -0.1) is 0 Å². The van der Waals surface area contributed by atoms with Gasteiger partial charge in [-0.2, -0.15) is 0 Å². The van der Waals surface area contributed by atoms with Crippen molar-refractivity contribution in [1.29, 1.82) is 0 Å². The number of benzene rings is 1. The average Bonchev–Trinajstić information content (AvgIpc) is 2.79. The fraction of sp³-hybridized carbons (Fsp3) is 0.500. The number of imide groups is 1. The van der Waals surface area contributed by atoms with Crippen LogP contribution in [0.25, 0.3) is 0 Å². The minimum absolute atomic E-state index is 0.117. The first-order valence-corrected chi connectivity index (χ1v) is 8.38. The SMILES string of the molecule is O=C1N[C@H](C2CCCCC2)C(=O)N1Cc1c(Cl)cccc1Cl. The summed E-state index contributed by atoms with van der Waals surface area (Å²) in [5, 5.41) is 3.77. The van der Waals surface area contributed by atoms with E-state index in [0.717, 1.165) is 25.7 Å². The Kier molecular flexibility index (Phi) is 4.59. The van der Waals surface area contributed by atoms with Crippen LogP contribution in [0.3, 0.4) is 0 Å². The zero-order valence-corrected chi connectivity index (χ0v) is 13.7. The Morgan fingerprint density at radius 3 is 2.36 bits per heavy atom. The van der Waals surface area contributed by atoms with Crippen molar-refractivity contribution < 1.29 is 9.59 Å². The van der Waals surface area contributed by atoms with E-state index >= 15 is 0 Å². The fourth-order valence-corrected chi connectivity index (χ4v) is 3.84. The van der Waals surface area contributed by atoms with Crippen LogP contribution >= 0.6 is 23.2 Å². The molecule has 1 saturated heterocycles. The van der Waals surface area contributed by atoms with Crippen LogP contribution in [0.4, 0.5) is 4.79 Å². The molecule has 1 aliphatic carbocycles. The first kappa shape index (κ1) is 15.6. The number of nitrogens with one attached hydrogen (secondary N) is 1. The van der Waals surface area contributed by atoms with Crippen molar-refractivity contribution in [3.63, 3.8) is 0 Å². The van der Waals surface area contributed by atoms with E-state index in [2.05, 4.69) is 5.32 Å². The van der Waals surface area contributed by atoms with Crippen molar-refractivity contribution in [3.05, 3.63) is 33.8 Å². The van der Waals surface area contributed by atoms with Gasteiger partial charge in [0.05, 0.1) is 6.54 Å². The van der Waals surface area contributed by atoms with Crippen LogP contribution in [-0.2, 0) is 11.3 Å². The number of halogens is 2. The molecular weight excluding hydrogens is 323 g/mol. The van der Waals surface area contributed by atoms with Gasteiger partial charge in [0.2, 0.25) is 0 Å². The molecular formula is C16H18Cl2N2O2. The monoisotopic (exact) mass is 340 g/mol. The number of carbonyl (C=O) groups is 2. The Morgan fingerprint density at radius 2 is 1.73 bits per heavy atom. The molecule has 3 amide bonds. The number of amides is 3. The van der Waals surface area contributed by atoms with Crippen molar-refractivity contribution in [2.75, 3.05) is 0 Å². The minimum atomic E-state index is -0.394. The summed E-state index contributed by atoms with van der Waals surface area (Å²) in [7, 11) is 0. The average molecular weight is 341 g/mol. The molecule has 2 fully saturated rings. The topological polar surface area (TPSA) is 49.4 Å². The molecule has 1 heterocycles. The van der Waals surface area contributed by atoms with Crippen LogP contribution in [0.1, 0.15) is 37.7 Å². The Bertz CT molecular complexity index is 580. The molecule has 0 aromatic heterocycles. The first-order valence-electron chi connectivity index (χ1n) is 7.62. The summed E-state index contributed by atoms with van der Waals surface area (Å²) in [5.74, 6) is 0.0878. The lowest BCUT2D eigenvalue weighted by molar-refractivity contribution is -0.129. The second-order valence-corrected chi connectivity index (χ2v) is 6.76. The zero-order valence-electron chi connectivity index (χ0n) is 12.1. The van der Waals surface area contributed by atoms with E-state index in [0.29, 0.717) is 15.6 Å². The number of nitrogens with zero attached hydrogens (tertiary/aromatic N) is 1. The van der Waals surface area contributed by atoms with Crippen LogP contribution in [0.2, 0.25) is 10.0 Å². The lowest BCUT2D eigenvalue weighted by atomic mass is 9.84. The third kappa shape index (κ3) is 2.95. The van der Waals surface area contributed by atoms with E-state index in [4.69, 9.17) is 23.2 Å². The predicted molar refractivity (Wildman–Crippen MR) is 85.9 cm³/mol. The summed E-state index contributed by atoms with van der Waals surface area (Å²) in [5.41, 5.74) is 0.610. The van der Waals surface area contributed by atoms with Gasteiger partial charge in [0.25, 0.3) is 5.91 Å². The van der Waals surface area contributed by atoms with Crippen LogP contribution in [-0.4, -0.2) is 22.9 Å². The van der Waals surface area contributed by atoms with E-state index in [1.807, 2.05) is 0 Å². The highest BCUT2D eigenvalue weighted by molar-refractivity contribution is 6.36. The van der Waals surface area contributed by atoms with Crippen LogP contribution in [0, 0.1) is 5.92 Å². The summed E-state index contributed by atoms with van der Waals surface area (Å²) in [6.45, 7) is 0.117. The molecule has 4 nitrogen and oxygen atoms in total. The van der Waals surface area contributed by atoms with Gasteiger partial charge in [-0.05, 0) is 30.9 Å². The molecule has 0 spiro atoms. The number of carbonyl (C=O) groups excluding carboxylic acids is 2. The lowest BCUT2D eigenvalue weighted by Crippen LogP contribution is -2.38. The molecule has 0 bridgehead atoms. The Balaban J connectivity index is 1.77. The number of rotatable bonds is 3. The van der Waals surface area contributed by atoms with Crippen molar-refractivity contribution >= 4 is 35.1 Å². The molecule has 1 atom stereocenters. The van der Waals surface area contributed by atoms with Crippen molar-refractivity contribution in [2.24, 2.45) is 5.92 Å². The van der Waals surface area contributed by atoms with Gasteiger partial charge in [-0.3, -0.25) is 9.69 Å². The summed E-state index contributed by atoms with van der Waals surface area (Å²) >= 11 is 12.3. The molecule has 2 aliphatic rings. The van der Waals surface area contributed by atoms with E-state index in [1.165, 1.54) is 11.3 Å². The molecule has 0 radical (unpaired) electrons. The smallest absolute Gasteiger partial charge is 0.325 e. The maximum Gasteiger partial charge on any atom is 0.325 e. The fourth-order valence-electron chi connectivity index (χ4n) is 3.32. The van der Waals surface area contributed by atoms with Gasteiger partial charge in [0.1, 0.15) is 6.04 Å². The molecule has 1 aliphatic heterocycles. The molecule has 1 aromatic carbocycles. The van der Waals surface area contributed by atoms with Gasteiger partial charge in [0.15, 0.2) is 0 Å². The van der Waals surface area contributed by atoms with Gasteiger partial charge < -0.3 is 5.32 Å². The third-order valence-corrected chi connectivity index (χ3v) is 5.26. The zero-order chi connectivity index (χ0) is 15.7. The highest BCUT2D eigenvalue weighted by Crippen LogP contribution is 2.31. The van der Waals surface area contributed by atoms with Crippen LogP contribution in [0.15, 0.2) is 18.2 Å². The summed E-state index contributed by atoms with van der Waals surface area (Å²) < 4.78 is 0. The van der Waals surface area contributed by atoms with E-state index < -0.39 is 6.04 Å². The molecule has 1 aromatic rings. The third-order valence-electron chi connectivity index (χ3n) is 4.56. The minimum Gasteiger partial charge on any atom is -0.326 e. The lowest BCUT2D eigenvalue weighted by Gasteiger charge is -2.25. The van der Waals surface area contributed by atoms with Crippen molar-refractivity contribution in [3.8, 4) is 0 Å². The Hall–Kier alpha value is -1.26. The first-order chi connectivity index (χ1) is 10.6. The maximum absolute atomic E-state index is 12.6. The van der Waals surface area contributed by atoms with Gasteiger partial charge >= 0.3 is 6.03 Å².